The molecule has 0 aromatic heterocycles. The van der Waals surface area contributed by atoms with Crippen molar-refractivity contribution >= 4 is 81.3 Å². The summed E-state index contributed by atoms with van der Waals surface area (Å²) in [6, 6.07) is 9.91. The first-order valence-corrected chi connectivity index (χ1v) is 9.41. The number of amides is 1. The second kappa shape index (κ2) is 8.25. The van der Waals surface area contributed by atoms with E-state index in [0.717, 1.165) is 5.56 Å². The van der Waals surface area contributed by atoms with Crippen LogP contribution in [-0.4, -0.2) is 22.4 Å². The van der Waals surface area contributed by atoms with Gasteiger partial charge in [-0.15, -0.1) is 0 Å². The molecule has 0 N–H and O–H groups in total. The van der Waals surface area contributed by atoms with Gasteiger partial charge in [0.05, 0.1) is 22.3 Å². The molecule has 2 aromatic rings. The van der Waals surface area contributed by atoms with E-state index in [1.807, 2.05) is 0 Å². The smallest absolute Gasteiger partial charge is 0.314 e. The summed E-state index contributed by atoms with van der Waals surface area (Å²) in [6.07, 6.45) is 0. The SMILES string of the molecule is O=C(ON=C1C(=O)N(Cc2ccc(Cl)c(Cl)c2)c2ccc(Cl)cc21)C(Cl)Cl. The highest BCUT2D eigenvalue weighted by atomic mass is 35.5. The van der Waals surface area contributed by atoms with Crippen LogP contribution in [0.5, 0.6) is 0 Å². The Balaban J connectivity index is 1.96. The molecule has 140 valence electrons. The summed E-state index contributed by atoms with van der Waals surface area (Å²) in [4.78, 5) is 29.0. The Morgan fingerprint density at radius 2 is 1.81 bits per heavy atom. The largest absolute Gasteiger partial charge is 0.367 e. The number of carbonyl (C=O) groups is 2. The molecular formula is C17H9Cl5N2O3. The van der Waals surface area contributed by atoms with Gasteiger partial charge in [-0.05, 0) is 35.9 Å². The van der Waals surface area contributed by atoms with Gasteiger partial charge in [0.1, 0.15) is 0 Å². The van der Waals surface area contributed by atoms with Crippen molar-refractivity contribution in [3.8, 4) is 0 Å². The van der Waals surface area contributed by atoms with Crippen LogP contribution in [0.2, 0.25) is 15.1 Å². The molecule has 1 aliphatic rings. The molecule has 0 aliphatic carbocycles. The molecule has 27 heavy (non-hydrogen) atoms. The number of hydrogen-bond acceptors (Lipinski definition) is 4. The monoisotopic (exact) mass is 464 g/mol. The fourth-order valence-electron chi connectivity index (χ4n) is 2.48. The number of oxime groups is 1. The summed E-state index contributed by atoms with van der Waals surface area (Å²) >= 11 is 28.8. The van der Waals surface area contributed by atoms with Crippen molar-refractivity contribution in [2.24, 2.45) is 5.16 Å². The summed E-state index contributed by atoms with van der Waals surface area (Å²) in [5.41, 5.74) is 1.63. The standard InChI is InChI=1S/C17H9Cl5N2O3/c18-9-2-4-13-10(6-9)14(23-27-17(26)15(21)22)16(25)24(13)7-8-1-3-11(19)12(20)5-8/h1-6,15H,7H2. The normalized spacial score (nSPS) is 14.8. The minimum atomic E-state index is -1.42. The molecule has 1 aliphatic heterocycles. The lowest BCUT2D eigenvalue weighted by Crippen LogP contribution is -2.30. The molecule has 5 nitrogen and oxygen atoms in total. The number of benzene rings is 2. The van der Waals surface area contributed by atoms with Crippen molar-refractivity contribution in [1.29, 1.82) is 0 Å². The van der Waals surface area contributed by atoms with E-state index in [-0.39, 0.29) is 12.3 Å². The maximum atomic E-state index is 12.8. The van der Waals surface area contributed by atoms with E-state index < -0.39 is 16.7 Å². The van der Waals surface area contributed by atoms with Crippen LogP contribution in [-0.2, 0) is 21.0 Å². The van der Waals surface area contributed by atoms with E-state index in [0.29, 0.717) is 26.3 Å². The Kier molecular flexibility index (Phi) is 6.18. The Labute approximate surface area is 179 Å². The van der Waals surface area contributed by atoms with Crippen molar-refractivity contribution in [2.45, 2.75) is 11.4 Å². The van der Waals surface area contributed by atoms with Crippen molar-refractivity contribution < 1.29 is 14.4 Å². The van der Waals surface area contributed by atoms with Crippen molar-refractivity contribution in [1.82, 2.24) is 0 Å². The van der Waals surface area contributed by atoms with Gasteiger partial charge in [-0.1, -0.05) is 69.2 Å². The number of carbonyl (C=O) groups excluding carboxylic acids is 2. The first-order chi connectivity index (χ1) is 12.8. The highest BCUT2D eigenvalue weighted by Gasteiger charge is 2.35. The first-order valence-electron chi connectivity index (χ1n) is 7.40. The van der Waals surface area contributed by atoms with Crippen molar-refractivity contribution in [2.75, 3.05) is 4.90 Å². The molecular weight excluding hydrogens is 457 g/mol. The molecule has 0 radical (unpaired) electrons. The van der Waals surface area contributed by atoms with Crippen LogP contribution in [0, 0.1) is 0 Å². The van der Waals surface area contributed by atoms with Crippen LogP contribution in [0.3, 0.4) is 0 Å². The van der Waals surface area contributed by atoms with E-state index in [4.69, 9.17) is 58.0 Å². The highest BCUT2D eigenvalue weighted by molar-refractivity contribution is 6.55. The zero-order chi connectivity index (χ0) is 19.7. The lowest BCUT2D eigenvalue weighted by atomic mass is 10.1. The van der Waals surface area contributed by atoms with E-state index in [1.165, 1.54) is 4.90 Å². The Morgan fingerprint density at radius 3 is 2.48 bits per heavy atom. The van der Waals surface area contributed by atoms with Gasteiger partial charge in [0.25, 0.3) is 5.91 Å². The summed E-state index contributed by atoms with van der Waals surface area (Å²) < 4.78 is 0. The lowest BCUT2D eigenvalue weighted by Gasteiger charge is -2.17. The number of rotatable bonds is 4. The Bertz CT molecular complexity index is 962. The fourth-order valence-corrected chi connectivity index (χ4v) is 3.05. The minimum Gasteiger partial charge on any atom is -0.314 e. The van der Waals surface area contributed by atoms with Crippen LogP contribution in [0.25, 0.3) is 0 Å². The van der Waals surface area contributed by atoms with Crippen LogP contribution in [0.1, 0.15) is 11.1 Å². The Morgan fingerprint density at radius 1 is 1.07 bits per heavy atom. The van der Waals surface area contributed by atoms with Crippen LogP contribution >= 0.6 is 58.0 Å². The van der Waals surface area contributed by atoms with Gasteiger partial charge in [0.2, 0.25) is 4.84 Å². The second-order valence-corrected chi connectivity index (χ2v) is 7.80. The third-order valence-corrected chi connectivity index (χ3v) is 5.01. The Hall–Kier alpha value is -1.50. The topological polar surface area (TPSA) is 59.0 Å². The number of halogens is 5. The molecule has 0 bridgehead atoms. The summed E-state index contributed by atoms with van der Waals surface area (Å²) in [6.45, 7) is 0.199. The molecule has 1 heterocycles. The van der Waals surface area contributed by atoms with Gasteiger partial charge >= 0.3 is 5.97 Å². The summed E-state index contributed by atoms with van der Waals surface area (Å²) in [5.74, 6) is -1.48. The number of nitrogens with zero attached hydrogens (tertiary/aromatic N) is 2. The predicted molar refractivity (Wildman–Crippen MR) is 107 cm³/mol. The molecule has 0 spiro atoms. The van der Waals surface area contributed by atoms with E-state index >= 15 is 0 Å². The average Bonchev–Trinajstić information content (AvgIpc) is 2.87. The van der Waals surface area contributed by atoms with E-state index in [2.05, 4.69) is 9.99 Å². The number of hydrogen-bond donors (Lipinski definition) is 0. The molecule has 0 atom stereocenters. The molecule has 0 saturated heterocycles. The summed E-state index contributed by atoms with van der Waals surface area (Å²) in [5, 5.41) is 4.80. The molecule has 1 amide bonds. The first kappa shape index (κ1) is 20.2. The van der Waals surface area contributed by atoms with Gasteiger partial charge in [-0.25, -0.2) is 4.79 Å². The van der Waals surface area contributed by atoms with Gasteiger partial charge < -0.3 is 9.74 Å². The van der Waals surface area contributed by atoms with Crippen LogP contribution < -0.4 is 4.90 Å². The van der Waals surface area contributed by atoms with E-state index in [1.54, 1.807) is 36.4 Å². The van der Waals surface area contributed by atoms with Crippen molar-refractivity contribution in [3.63, 3.8) is 0 Å². The molecule has 3 rings (SSSR count). The van der Waals surface area contributed by atoms with E-state index in [9.17, 15) is 9.59 Å². The van der Waals surface area contributed by atoms with Gasteiger partial charge in [-0.3, -0.25) is 4.79 Å². The van der Waals surface area contributed by atoms with Crippen LogP contribution in [0.4, 0.5) is 5.69 Å². The zero-order valence-electron chi connectivity index (χ0n) is 13.3. The molecule has 2 aromatic carbocycles. The maximum Gasteiger partial charge on any atom is 0.367 e. The van der Waals surface area contributed by atoms with Gasteiger partial charge in [-0.2, -0.15) is 0 Å². The highest BCUT2D eigenvalue weighted by Crippen LogP contribution is 2.34. The quantitative estimate of drug-likeness (QED) is 0.352. The fraction of sp³-hybridized carbons (Fsp3) is 0.118. The third kappa shape index (κ3) is 4.33. The average molecular weight is 467 g/mol. The number of anilines is 1. The minimum absolute atomic E-state index is 0.0881. The second-order valence-electron chi connectivity index (χ2n) is 5.45. The molecule has 10 heteroatoms. The molecule has 0 unspecified atom stereocenters. The number of alkyl halides is 2. The third-order valence-electron chi connectivity index (χ3n) is 3.68. The molecule has 0 fully saturated rings. The maximum absolute atomic E-state index is 12.8. The number of fused-ring (bicyclic) bond motifs is 1. The molecule has 0 saturated carbocycles. The van der Waals surface area contributed by atoms with Crippen molar-refractivity contribution in [3.05, 3.63) is 62.6 Å². The lowest BCUT2D eigenvalue weighted by molar-refractivity contribution is -0.141. The summed E-state index contributed by atoms with van der Waals surface area (Å²) in [7, 11) is 0. The van der Waals surface area contributed by atoms with Gasteiger partial charge in [0.15, 0.2) is 5.71 Å². The van der Waals surface area contributed by atoms with Crippen LogP contribution in [0.15, 0.2) is 41.6 Å². The zero-order valence-corrected chi connectivity index (χ0v) is 17.0. The van der Waals surface area contributed by atoms with Gasteiger partial charge in [0, 0.05) is 10.6 Å². The predicted octanol–water partition coefficient (Wildman–Crippen LogP) is 5.24.